The van der Waals surface area contributed by atoms with Gasteiger partial charge in [-0.15, -0.1) is 6.42 Å². The first-order valence-electron chi connectivity index (χ1n) is 5.94. The second-order valence-electron chi connectivity index (χ2n) is 4.03. The fraction of sp³-hybridized carbons (Fsp3) is 0.286. The van der Waals surface area contributed by atoms with E-state index in [1.807, 2.05) is 6.07 Å². The molecule has 5 heteroatoms. The van der Waals surface area contributed by atoms with Crippen LogP contribution in [0.25, 0.3) is 0 Å². The lowest BCUT2D eigenvalue weighted by Crippen LogP contribution is -2.40. The van der Waals surface area contributed by atoms with Crippen LogP contribution in [0.5, 0.6) is 5.75 Å². The zero-order valence-electron chi connectivity index (χ0n) is 10.4. The molecule has 1 N–H and O–H groups in total. The molecule has 0 aliphatic carbocycles. The van der Waals surface area contributed by atoms with E-state index < -0.39 is 0 Å². The van der Waals surface area contributed by atoms with Crippen LogP contribution in [0.3, 0.4) is 0 Å². The van der Waals surface area contributed by atoms with Gasteiger partial charge in [0.1, 0.15) is 12.3 Å². The van der Waals surface area contributed by atoms with Crippen molar-refractivity contribution >= 4 is 17.5 Å². The van der Waals surface area contributed by atoms with Gasteiger partial charge in [-0.3, -0.25) is 14.5 Å². The summed E-state index contributed by atoms with van der Waals surface area (Å²) in [6.07, 6.45) is 5.32. The van der Waals surface area contributed by atoms with Gasteiger partial charge in [0.15, 0.2) is 0 Å². The predicted octanol–water partition coefficient (Wildman–Crippen LogP) is 0.551. The highest BCUT2D eigenvalue weighted by molar-refractivity contribution is 6.00. The maximum Gasteiger partial charge on any atom is 0.240 e. The van der Waals surface area contributed by atoms with Crippen molar-refractivity contribution < 1.29 is 14.3 Å². The van der Waals surface area contributed by atoms with Crippen molar-refractivity contribution in [2.75, 3.05) is 24.6 Å². The second-order valence-corrected chi connectivity index (χ2v) is 4.03. The van der Waals surface area contributed by atoms with E-state index in [0.29, 0.717) is 18.0 Å². The number of rotatable bonds is 3. The number of fused-ring (bicyclic) bond motifs is 1. The molecule has 0 radical (unpaired) electrons. The van der Waals surface area contributed by atoms with Crippen LogP contribution in [0.2, 0.25) is 0 Å². The third-order valence-electron chi connectivity index (χ3n) is 2.72. The van der Waals surface area contributed by atoms with Crippen LogP contribution >= 0.6 is 0 Å². The second kappa shape index (κ2) is 5.91. The summed E-state index contributed by atoms with van der Waals surface area (Å²) in [5.41, 5.74) is 0.612. The Morgan fingerprint density at radius 3 is 3.05 bits per heavy atom. The van der Waals surface area contributed by atoms with Crippen LogP contribution in [-0.4, -0.2) is 31.5 Å². The summed E-state index contributed by atoms with van der Waals surface area (Å²) in [6, 6.07) is 7.16. The molecule has 0 fully saturated rings. The van der Waals surface area contributed by atoms with E-state index >= 15 is 0 Å². The fourth-order valence-electron chi connectivity index (χ4n) is 1.84. The molecule has 98 valence electrons. The number of nitrogens with zero attached hydrogens (tertiary/aromatic N) is 1. The molecule has 1 heterocycles. The normalized spacial score (nSPS) is 13.8. The van der Waals surface area contributed by atoms with E-state index in [1.165, 1.54) is 4.90 Å². The molecular weight excluding hydrogens is 244 g/mol. The van der Waals surface area contributed by atoms with Crippen LogP contribution < -0.4 is 15.0 Å². The number of amides is 2. The van der Waals surface area contributed by atoms with E-state index in [2.05, 4.69) is 11.2 Å². The minimum absolute atomic E-state index is 0.0547. The molecule has 2 rings (SSSR count). The monoisotopic (exact) mass is 258 g/mol. The Morgan fingerprint density at radius 2 is 2.26 bits per heavy atom. The summed E-state index contributed by atoms with van der Waals surface area (Å²) in [5.74, 6) is 2.50. The van der Waals surface area contributed by atoms with E-state index in [4.69, 9.17) is 11.2 Å². The number of benzene rings is 1. The lowest BCUT2D eigenvalue weighted by atomic mass is 10.2. The van der Waals surface area contributed by atoms with E-state index in [-0.39, 0.29) is 31.3 Å². The smallest absolute Gasteiger partial charge is 0.240 e. The Labute approximate surface area is 111 Å². The highest BCUT2D eigenvalue weighted by Gasteiger charge is 2.24. The molecule has 1 aromatic carbocycles. The van der Waals surface area contributed by atoms with Gasteiger partial charge in [-0.2, -0.15) is 0 Å². The Morgan fingerprint density at radius 1 is 1.47 bits per heavy atom. The number of hydrogen-bond acceptors (Lipinski definition) is 3. The first-order valence-corrected chi connectivity index (χ1v) is 5.94. The van der Waals surface area contributed by atoms with E-state index in [9.17, 15) is 9.59 Å². The van der Waals surface area contributed by atoms with Crippen LogP contribution in [0.1, 0.15) is 6.42 Å². The van der Waals surface area contributed by atoms with Gasteiger partial charge in [0, 0.05) is 0 Å². The molecule has 0 saturated heterocycles. The molecule has 2 amide bonds. The van der Waals surface area contributed by atoms with Gasteiger partial charge in [0.25, 0.3) is 0 Å². The Bertz CT molecular complexity index is 534. The number of terminal acetylenes is 1. The molecule has 1 aliphatic heterocycles. The number of para-hydroxylation sites is 2. The third kappa shape index (κ3) is 3.05. The average molecular weight is 258 g/mol. The van der Waals surface area contributed by atoms with Gasteiger partial charge < -0.3 is 10.1 Å². The number of carbonyl (C=O) groups is 2. The zero-order valence-corrected chi connectivity index (χ0v) is 10.4. The molecule has 0 spiro atoms. The molecular formula is C14H14N2O3. The van der Waals surface area contributed by atoms with Crippen molar-refractivity contribution in [1.82, 2.24) is 5.32 Å². The topological polar surface area (TPSA) is 58.6 Å². The van der Waals surface area contributed by atoms with Gasteiger partial charge in [-0.25, -0.2) is 0 Å². The summed E-state index contributed by atoms with van der Waals surface area (Å²) in [4.78, 5) is 25.1. The lowest BCUT2D eigenvalue weighted by molar-refractivity contribution is -0.123. The SMILES string of the molecule is C#CCNC(=O)CN1C(=O)CCOc2ccccc21. The van der Waals surface area contributed by atoms with Crippen molar-refractivity contribution in [3.63, 3.8) is 0 Å². The zero-order chi connectivity index (χ0) is 13.7. The summed E-state index contributed by atoms with van der Waals surface area (Å²) in [5, 5.41) is 2.54. The molecule has 0 unspecified atom stereocenters. The number of ether oxygens (including phenoxy) is 1. The standard InChI is InChI=1S/C14H14N2O3/c1-2-8-15-13(17)10-16-11-5-3-4-6-12(11)19-9-7-14(16)18/h1,3-6H,7-10H2,(H,15,17). The minimum Gasteiger partial charge on any atom is -0.491 e. The van der Waals surface area contributed by atoms with Crippen molar-refractivity contribution in [2.45, 2.75) is 6.42 Å². The molecule has 0 saturated carbocycles. The van der Waals surface area contributed by atoms with Crippen LogP contribution in [0.15, 0.2) is 24.3 Å². The summed E-state index contributed by atoms with van der Waals surface area (Å²) in [6.45, 7) is 0.415. The van der Waals surface area contributed by atoms with E-state index in [1.54, 1.807) is 18.2 Å². The van der Waals surface area contributed by atoms with E-state index in [0.717, 1.165) is 0 Å². The van der Waals surface area contributed by atoms with Crippen molar-refractivity contribution in [3.05, 3.63) is 24.3 Å². The minimum atomic E-state index is -0.289. The Balaban J connectivity index is 2.20. The van der Waals surface area contributed by atoms with Gasteiger partial charge in [-0.1, -0.05) is 18.1 Å². The summed E-state index contributed by atoms with van der Waals surface area (Å²) < 4.78 is 5.49. The molecule has 0 atom stereocenters. The molecule has 19 heavy (non-hydrogen) atoms. The maximum absolute atomic E-state index is 12.0. The quantitative estimate of drug-likeness (QED) is 0.806. The number of nitrogens with one attached hydrogen (secondary N) is 1. The van der Waals surface area contributed by atoms with Crippen molar-refractivity contribution in [1.29, 1.82) is 0 Å². The van der Waals surface area contributed by atoms with Crippen LogP contribution in [-0.2, 0) is 9.59 Å². The van der Waals surface area contributed by atoms with Crippen molar-refractivity contribution in [3.8, 4) is 18.1 Å². The van der Waals surface area contributed by atoms with Gasteiger partial charge >= 0.3 is 0 Å². The predicted molar refractivity (Wildman–Crippen MR) is 70.7 cm³/mol. The highest BCUT2D eigenvalue weighted by atomic mass is 16.5. The van der Waals surface area contributed by atoms with Crippen LogP contribution in [0, 0.1) is 12.3 Å². The van der Waals surface area contributed by atoms with Gasteiger partial charge in [-0.05, 0) is 12.1 Å². The number of carbonyl (C=O) groups excluding carboxylic acids is 2. The van der Waals surface area contributed by atoms with Gasteiger partial charge in [0.2, 0.25) is 11.8 Å². The molecule has 1 aliphatic rings. The Kier molecular flexibility index (Phi) is 4.04. The first-order chi connectivity index (χ1) is 9.22. The number of anilines is 1. The fourth-order valence-corrected chi connectivity index (χ4v) is 1.84. The Hall–Kier alpha value is -2.48. The largest absolute Gasteiger partial charge is 0.491 e. The van der Waals surface area contributed by atoms with Gasteiger partial charge in [0.05, 0.1) is 25.3 Å². The average Bonchev–Trinajstić information content (AvgIpc) is 2.57. The first kappa shape index (κ1) is 13.0. The van der Waals surface area contributed by atoms with Crippen molar-refractivity contribution in [2.24, 2.45) is 0 Å². The highest BCUT2D eigenvalue weighted by Crippen LogP contribution is 2.30. The number of hydrogen-bond donors (Lipinski definition) is 1. The maximum atomic E-state index is 12.0. The lowest BCUT2D eigenvalue weighted by Gasteiger charge is -2.20. The molecule has 0 bridgehead atoms. The molecule has 0 aromatic heterocycles. The summed E-state index contributed by atoms with van der Waals surface area (Å²) >= 11 is 0. The van der Waals surface area contributed by atoms with Crippen LogP contribution in [0.4, 0.5) is 5.69 Å². The summed E-state index contributed by atoms with van der Waals surface area (Å²) in [7, 11) is 0. The molecule has 1 aromatic rings. The molecule has 5 nitrogen and oxygen atoms in total. The third-order valence-corrected chi connectivity index (χ3v) is 2.72.